The summed E-state index contributed by atoms with van der Waals surface area (Å²) in [6.45, 7) is 0. The van der Waals surface area contributed by atoms with Gasteiger partial charge in [0.05, 0.1) is 13.3 Å². The zero-order valence-corrected chi connectivity index (χ0v) is 8.58. The third kappa shape index (κ3) is 1.78. The number of rotatable bonds is 3. The van der Waals surface area contributed by atoms with E-state index in [0.29, 0.717) is 15.8 Å². The Morgan fingerprint density at radius 3 is 3.07 bits per heavy atom. The van der Waals surface area contributed by atoms with Crippen LogP contribution >= 0.6 is 11.3 Å². The second kappa shape index (κ2) is 3.67. The molecule has 1 aliphatic rings. The van der Waals surface area contributed by atoms with Gasteiger partial charge in [0.15, 0.2) is 0 Å². The van der Waals surface area contributed by atoms with Gasteiger partial charge in [0.1, 0.15) is 16.0 Å². The smallest absolute Gasteiger partial charge is 0.349 e. The predicted octanol–water partition coefficient (Wildman–Crippen LogP) is 1.37. The lowest BCUT2D eigenvalue weighted by molar-refractivity contribution is 0.0606. The van der Waals surface area contributed by atoms with Crippen LogP contribution in [0.15, 0.2) is 6.20 Å². The number of carbonyl (C=O) groups is 1. The van der Waals surface area contributed by atoms with E-state index in [9.17, 15) is 9.90 Å². The van der Waals surface area contributed by atoms with Crippen molar-refractivity contribution in [3.8, 4) is 0 Å². The van der Waals surface area contributed by atoms with Crippen LogP contribution in [0.3, 0.4) is 0 Å². The maximum atomic E-state index is 11.1. The van der Waals surface area contributed by atoms with Crippen LogP contribution < -0.4 is 0 Å². The summed E-state index contributed by atoms with van der Waals surface area (Å²) in [4.78, 5) is 15.6. The number of aliphatic hydroxyl groups is 1. The maximum absolute atomic E-state index is 11.1. The highest BCUT2D eigenvalue weighted by Gasteiger charge is 2.33. The SMILES string of the molecule is COC(=O)c1cnc(C(O)C2CC2)s1. The fourth-order valence-corrected chi connectivity index (χ4v) is 2.15. The van der Waals surface area contributed by atoms with Crippen LogP contribution in [0.25, 0.3) is 0 Å². The number of esters is 1. The van der Waals surface area contributed by atoms with Gasteiger partial charge in [-0.2, -0.15) is 0 Å². The van der Waals surface area contributed by atoms with Crippen molar-refractivity contribution < 1.29 is 14.6 Å². The van der Waals surface area contributed by atoms with E-state index in [-0.39, 0.29) is 0 Å². The Hall–Kier alpha value is -0.940. The number of nitrogens with zero attached hydrogens (tertiary/aromatic N) is 1. The molecule has 1 aromatic rings. The van der Waals surface area contributed by atoms with Gasteiger partial charge in [-0.3, -0.25) is 0 Å². The molecule has 1 N–H and O–H groups in total. The molecule has 14 heavy (non-hydrogen) atoms. The molecule has 1 aliphatic carbocycles. The van der Waals surface area contributed by atoms with E-state index in [1.54, 1.807) is 0 Å². The molecule has 1 aromatic heterocycles. The van der Waals surface area contributed by atoms with Gasteiger partial charge < -0.3 is 9.84 Å². The minimum Gasteiger partial charge on any atom is -0.465 e. The molecule has 0 spiro atoms. The Kier molecular flexibility index (Phi) is 2.52. The Morgan fingerprint density at radius 1 is 1.79 bits per heavy atom. The first-order valence-electron chi connectivity index (χ1n) is 4.44. The Morgan fingerprint density at radius 2 is 2.50 bits per heavy atom. The molecular formula is C9H11NO3S. The third-order valence-electron chi connectivity index (χ3n) is 2.23. The minimum atomic E-state index is -0.501. The normalized spacial score (nSPS) is 17.9. The average Bonchev–Trinajstić information content (AvgIpc) is 2.93. The van der Waals surface area contributed by atoms with Gasteiger partial charge in [-0.1, -0.05) is 0 Å². The molecule has 0 saturated heterocycles. The summed E-state index contributed by atoms with van der Waals surface area (Å²) >= 11 is 1.21. The Labute approximate surface area is 85.5 Å². The molecular weight excluding hydrogens is 202 g/mol. The van der Waals surface area contributed by atoms with E-state index in [2.05, 4.69) is 9.72 Å². The monoisotopic (exact) mass is 213 g/mol. The molecule has 1 saturated carbocycles. The van der Waals surface area contributed by atoms with Gasteiger partial charge >= 0.3 is 5.97 Å². The van der Waals surface area contributed by atoms with Crippen molar-refractivity contribution in [1.82, 2.24) is 4.98 Å². The van der Waals surface area contributed by atoms with Gasteiger partial charge in [0.25, 0.3) is 0 Å². The van der Waals surface area contributed by atoms with Crippen LogP contribution in [0.4, 0.5) is 0 Å². The number of hydrogen-bond donors (Lipinski definition) is 1. The molecule has 0 aromatic carbocycles. The molecule has 1 atom stereocenters. The quantitative estimate of drug-likeness (QED) is 0.770. The van der Waals surface area contributed by atoms with Gasteiger partial charge in [-0.05, 0) is 18.8 Å². The lowest BCUT2D eigenvalue weighted by atomic mass is 10.2. The van der Waals surface area contributed by atoms with Crippen LogP contribution in [-0.4, -0.2) is 23.2 Å². The van der Waals surface area contributed by atoms with Crippen LogP contribution in [0.1, 0.15) is 33.6 Å². The highest BCUT2D eigenvalue weighted by Crippen LogP contribution is 2.41. The average molecular weight is 213 g/mol. The van der Waals surface area contributed by atoms with Crippen LogP contribution in [-0.2, 0) is 4.74 Å². The zero-order chi connectivity index (χ0) is 10.1. The minimum absolute atomic E-state index is 0.339. The van der Waals surface area contributed by atoms with Crippen molar-refractivity contribution in [2.24, 2.45) is 5.92 Å². The second-order valence-corrected chi connectivity index (χ2v) is 4.40. The first kappa shape index (κ1) is 9.61. The van der Waals surface area contributed by atoms with Crippen molar-refractivity contribution >= 4 is 17.3 Å². The Bertz CT molecular complexity index is 346. The molecule has 1 heterocycles. The molecule has 4 nitrogen and oxygen atoms in total. The third-order valence-corrected chi connectivity index (χ3v) is 3.28. The van der Waals surface area contributed by atoms with Crippen LogP contribution in [0.2, 0.25) is 0 Å². The van der Waals surface area contributed by atoms with Crippen molar-refractivity contribution in [2.45, 2.75) is 18.9 Å². The summed E-state index contributed by atoms with van der Waals surface area (Å²) < 4.78 is 4.56. The van der Waals surface area contributed by atoms with Crippen molar-refractivity contribution in [3.63, 3.8) is 0 Å². The number of hydrogen-bond acceptors (Lipinski definition) is 5. The highest BCUT2D eigenvalue weighted by atomic mass is 32.1. The molecule has 2 rings (SSSR count). The first-order valence-corrected chi connectivity index (χ1v) is 5.26. The van der Waals surface area contributed by atoms with E-state index in [1.807, 2.05) is 0 Å². The number of thiazole rings is 1. The summed E-state index contributed by atoms with van der Waals surface area (Å²) in [6, 6.07) is 0. The van der Waals surface area contributed by atoms with E-state index >= 15 is 0 Å². The molecule has 0 radical (unpaired) electrons. The van der Waals surface area contributed by atoms with Gasteiger partial charge in [-0.25, -0.2) is 9.78 Å². The van der Waals surface area contributed by atoms with Gasteiger partial charge in [0, 0.05) is 0 Å². The molecule has 1 fully saturated rings. The molecule has 1 unspecified atom stereocenters. The summed E-state index contributed by atoms with van der Waals surface area (Å²) in [5, 5.41) is 10.3. The predicted molar refractivity (Wildman–Crippen MR) is 51.1 cm³/mol. The topological polar surface area (TPSA) is 59.4 Å². The second-order valence-electron chi connectivity index (χ2n) is 3.34. The van der Waals surface area contributed by atoms with Crippen LogP contribution in [0, 0.1) is 5.92 Å². The summed E-state index contributed by atoms with van der Waals surface area (Å²) in [5.41, 5.74) is 0. The summed E-state index contributed by atoms with van der Waals surface area (Å²) in [7, 11) is 1.33. The highest BCUT2D eigenvalue weighted by molar-refractivity contribution is 7.13. The summed E-state index contributed by atoms with van der Waals surface area (Å²) in [5.74, 6) is -0.0524. The van der Waals surface area contributed by atoms with Crippen molar-refractivity contribution in [3.05, 3.63) is 16.1 Å². The maximum Gasteiger partial charge on any atom is 0.349 e. The van der Waals surface area contributed by atoms with Gasteiger partial charge in [-0.15, -0.1) is 11.3 Å². The fraction of sp³-hybridized carbons (Fsp3) is 0.556. The number of ether oxygens (including phenoxy) is 1. The number of aliphatic hydroxyl groups excluding tert-OH is 1. The van der Waals surface area contributed by atoms with Crippen molar-refractivity contribution in [1.29, 1.82) is 0 Å². The molecule has 5 heteroatoms. The van der Waals surface area contributed by atoms with Crippen molar-refractivity contribution in [2.75, 3.05) is 7.11 Å². The Balaban J connectivity index is 2.12. The standard InChI is InChI=1S/C9H11NO3S/c1-13-9(12)6-4-10-8(14-6)7(11)5-2-3-5/h4-5,7,11H,2-3H2,1H3. The largest absolute Gasteiger partial charge is 0.465 e. The number of aromatic nitrogens is 1. The van der Waals surface area contributed by atoms with E-state index in [1.165, 1.54) is 24.6 Å². The van der Waals surface area contributed by atoms with Crippen LogP contribution in [0.5, 0.6) is 0 Å². The van der Waals surface area contributed by atoms with Gasteiger partial charge in [0.2, 0.25) is 0 Å². The first-order chi connectivity index (χ1) is 6.72. The van der Waals surface area contributed by atoms with E-state index in [4.69, 9.17) is 0 Å². The molecule has 0 aliphatic heterocycles. The lowest BCUT2D eigenvalue weighted by Crippen LogP contribution is -1.98. The molecule has 0 bridgehead atoms. The lowest BCUT2D eigenvalue weighted by Gasteiger charge is -2.02. The number of carbonyl (C=O) groups excluding carboxylic acids is 1. The fourth-order valence-electron chi connectivity index (χ4n) is 1.23. The summed E-state index contributed by atoms with van der Waals surface area (Å²) in [6.07, 6.45) is 3.05. The molecule has 0 amide bonds. The zero-order valence-electron chi connectivity index (χ0n) is 7.77. The number of methoxy groups -OCH3 is 1. The van der Waals surface area contributed by atoms with E-state index < -0.39 is 12.1 Å². The molecule has 76 valence electrons. The van der Waals surface area contributed by atoms with E-state index in [0.717, 1.165) is 12.8 Å².